The maximum atomic E-state index is 12.3. The van der Waals surface area contributed by atoms with E-state index in [1.807, 2.05) is 0 Å². The molecule has 26 heavy (non-hydrogen) atoms. The van der Waals surface area contributed by atoms with E-state index >= 15 is 0 Å². The van der Waals surface area contributed by atoms with Crippen molar-refractivity contribution in [1.29, 1.82) is 0 Å². The van der Waals surface area contributed by atoms with E-state index in [1.54, 1.807) is 17.4 Å². The second-order valence-electron chi connectivity index (χ2n) is 5.86. The van der Waals surface area contributed by atoms with Gasteiger partial charge in [-0.2, -0.15) is 13.2 Å². The number of alkyl halides is 3. The molecule has 1 fully saturated rings. The van der Waals surface area contributed by atoms with Gasteiger partial charge in [-0.25, -0.2) is 4.79 Å². The zero-order valence-electron chi connectivity index (χ0n) is 13.5. The normalized spacial score (nSPS) is 15.0. The lowest BCUT2D eigenvalue weighted by Crippen LogP contribution is -2.45. The van der Waals surface area contributed by atoms with Crippen molar-refractivity contribution in [2.24, 2.45) is 5.92 Å². The SMILES string of the molecule is O=C(COc1cccc(NC(=O)C2CC2)c1)NC(CC(F)(F)F)C(=O)O. The summed E-state index contributed by atoms with van der Waals surface area (Å²) in [6.07, 6.45) is -4.74. The number of rotatable bonds is 8. The Morgan fingerprint density at radius 3 is 2.54 bits per heavy atom. The van der Waals surface area contributed by atoms with E-state index in [0.717, 1.165) is 12.8 Å². The summed E-state index contributed by atoms with van der Waals surface area (Å²) in [6, 6.07) is 4.05. The summed E-state index contributed by atoms with van der Waals surface area (Å²) in [5.41, 5.74) is 0.459. The van der Waals surface area contributed by atoms with E-state index in [2.05, 4.69) is 5.32 Å². The van der Waals surface area contributed by atoms with Crippen LogP contribution in [0.1, 0.15) is 19.3 Å². The van der Waals surface area contributed by atoms with E-state index in [4.69, 9.17) is 9.84 Å². The molecule has 3 N–H and O–H groups in total. The fourth-order valence-electron chi connectivity index (χ4n) is 2.07. The van der Waals surface area contributed by atoms with Crippen LogP contribution in [0.2, 0.25) is 0 Å². The lowest BCUT2D eigenvalue weighted by Gasteiger charge is -2.16. The van der Waals surface area contributed by atoms with Gasteiger partial charge >= 0.3 is 12.1 Å². The number of carbonyl (C=O) groups excluding carboxylic acids is 2. The van der Waals surface area contributed by atoms with Crippen molar-refractivity contribution in [1.82, 2.24) is 5.32 Å². The Morgan fingerprint density at radius 2 is 1.96 bits per heavy atom. The first-order valence-corrected chi connectivity index (χ1v) is 7.76. The molecule has 1 aromatic rings. The highest BCUT2D eigenvalue weighted by molar-refractivity contribution is 5.94. The molecule has 0 aliphatic heterocycles. The van der Waals surface area contributed by atoms with Gasteiger partial charge in [0, 0.05) is 17.7 Å². The minimum absolute atomic E-state index is 0.00642. The highest BCUT2D eigenvalue weighted by Gasteiger charge is 2.36. The summed E-state index contributed by atoms with van der Waals surface area (Å²) < 4.78 is 42.0. The van der Waals surface area contributed by atoms with Gasteiger partial charge in [-0.1, -0.05) is 6.07 Å². The predicted octanol–water partition coefficient (Wildman–Crippen LogP) is 1.94. The van der Waals surface area contributed by atoms with E-state index in [1.165, 1.54) is 12.1 Å². The summed E-state index contributed by atoms with van der Waals surface area (Å²) in [5.74, 6) is -2.70. The monoisotopic (exact) mass is 374 g/mol. The van der Waals surface area contributed by atoms with Crippen molar-refractivity contribution in [2.75, 3.05) is 11.9 Å². The average molecular weight is 374 g/mol. The molecule has 142 valence electrons. The Bertz CT molecular complexity index is 689. The molecular weight excluding hydrogens is 357 g/mol. The van der Waals surface area contributed by atoms with Gasteiger partial charge in [0.2, 0.25) is 5.91 Å². The summed E-state index contributed by atoms with van der Waals surface area (Å²) in [5, 5.41) is 13.2. The number of ether oxygens (including phenoxy) is 1. The first-order valence-electron chi connectivity index (χ1n) is 7.76. The molecule has 0 aromatic heterocycles. The number of aliphatic carboxylic acids is 1. The highest BCUT2D eigenvalue weighted by Crippen LogP contribution is 2.30. The van der Waals surface area contributed by atoms with Gasteiger partial charge in [0.05, 0.1) is 6.42 Å². The number of halogens is 3. The van der Waals surface area contributed by atoms with Gasteiger partial charge in [0.15, 0.2) is 6.61 Å². The molecule has 0 spiro atoms. The molecule has 0 saturated heterocycles. The van der Waals surface area contributed by atoms with Crippen LogP contribution >= 0.6 is 0 Å². The van der Waals surface area contributed by atoms with Crippen LogP contribution in [0.15, 0.2) is 24.3 Å². The Morgan fingerprint density at radius 1 is 1.27 bits per heavy atom. The van der Waals surface area contributed by atoms with Crippen LogP contribution in [-0.4, -0.2) is 41.7 Å². The number of benzene rings is 1. The van der Waals surface area contributed by atoms with Crippen molar-refractivity contribution < 1.29 is 37.4 Å². The van der Waals surface area contributed by atoms with E-state index < -0.39 is 37.1 Å². The summed E-state index contributed by atoms with van der Waals surface area (Å²) in [7, 11) is 0. The van der Waals surface area contributed by atoms with E-state index in [9.17, 15) is 27.6 Å². The Hall–Kier alpha value is -2.78. The van der Waals surface area contributed by atoms with Crippen LogP contribution in [0.25, 0.3) is 0 Å². The number of carboxylic acids is 1. The summed E-state index contributed by atoms with van der Waals surface area (Å²) in [4.78, 5) is 34.1. The molecule has 0 heterocycles. The lowest BCUT2D eigenvalue weighted by atomic mass is 10.2. The standard InChI is InChI=1S/C16H17F3N2O5/c17-16(18,19)7-12(15(24)25)21-13(22)8-26-11-3-1-2-10(6-11)20-14(23)9-4-5-9/h1-3,6,9,12H,4-5,7-8H2,(H,20,23)(H,21,22)(H,24,25). The third kappa shape index (κ3) is 6.61. The smallest absolute Gasteiger partial charge is 0.391 e. The number of hydrogen-bond donors (Lipinski definition) is 3. The second-order valence-corrected chi connectivity index (χ2v) is 5.86. The minimum atomic E-state index is -4.73. The maximum absolute atomic E-state index is 12.3. The first kappa shape index (κ1) is 19.5. The van der Waals surface area contributed by atoms with Crippen LogP contribution in [-0.2, 0) is 14.4 Å². The summed E-state index contributed by atoms with van der Waals surface area (Å²) in [6.45, 7) is -0.665. The van der Waals surface area contributed by atoms with E-state index in [-0.39, 0.29) is 17.6 Å². The second kappa shape index (κ2) is 8.07. The van der Waals surface area contributed by atoms with Crippen LogP contribution in [0.5, 0.6) is 5.75 Å². The van der Waals surface area contributed by atoms with Crippen LogP contribution in [0.4, 0.5) is 18.9 Å². The van der Waals surface area contributed by atoms with Gasteiger partial charge in [0.1, 0.15) is 11.8 Å². The molecule has 2 amide bonds. The minimum Gasteiger partial charge on any atom is -0.484 e. The van der Waals surface area contributed by atoms with Crippen LogP contribution < -0.4 is 15.4 Å². The molecular formula is C16H17F3N2O5. The van der Waals surface area contributed by atoms with Crippen molar-refractivity contribution in [3.05, 3.63) is 24.3 Å². The quantitative estimate of drug-likeness (QED) is 0.645. The third-order valence-electron chi connectivity index (χ3n) is 3.49. The average Bonchev–Trinajstić information content (AvgIpc) is 3.36. The molecule has 1 aliphatic carbocycles. The number of nitrogens with one attached hydrogen (secondary N) is 2. The van der Waals surface area contributed by atoms with Gasteiger partial charge in [0.25, 0.3) is 5.91 Å². The highest BCUT2D eigenvalue weighted by atomic mass is 19.4. The van der Waals surface area contributed by atoms with Gasteiger partial charge in [-0.15, -0.1) is 0 Å². The topological polar surface area (TPSA) is 105 Å². The van der Waals surface area contributed by atoms with Crippen LogP contribution in [0.3, 0.4) is 0 Å². The maximum Gasteiger partial charge on any atom is 0.391 e. The number of hydrogen-bond acceptors (Lipinski definition) is 4. The van der Waals surface area contributed by atoms with Crippen molar-refractivity contribution >= 4 is 23.5 Å². The molecule has 1 saturated carbocycles. The number of carbonyl (C=O) groups is 3. The summed E-state index contributed by atoms with van der Waals surface area (Å²) >= 11 is 0. The van der Waals surface area contributed by atoms with Gasteiger partial charge < -0.3 is 20.5 Å². The largest absolute Gasteiger partial charge is 0.484 e. The predicted molar refractivity (Wildman–Crippen MR) is 83.5 cm³/mol. The van der Waals surface area contributed by atoms with Crippen LogP contribution in [0, 0.1) is 5.92 Å². The zero-order chi connectivity index (χ0) is 19.3. The molecule has 1 unspecified atom stereocenters. The van der Waals surface area contributed by atoms with E-state index in [0.29, 0.717) is 5.69 Å². The Kier molecular flexibility index (Phi) is 6.06. The number of amides is 2. The van der Waals surface area contributed by atoms with Crippen molar-refractivity contribution in [2.45, 2.75) is 31.5 Å². The molecule has 1 aliphatic rings. The fraction of sp³-hybridized carbons (Fsp3) is 0.438. The molecule has 1 atom stereocenters. The molecule has 10 heteroatoms. The Labute approximate surface area is 146 Å². The molecule has 0 bridgehead atoms. The first-order chi connectivity index (χ1) is 12.1. The molecule has 1 aromatic carbocycles. The van der Waals surface area contributed by atoms with Gasteiger partial charge in [-0.3, -0.25) is 9.59 Å². The fourth-order valence-corrected chi connectivity index (χ4v) is 2.07. The third-order valence-corrected chi connectivity index (χ3v) is 3.49. The molecule has 7 nitrogen and oxygen atoms in total. The van der Waals surface area contributed by atoms with Crippen molar-refractivity contribution in [3.63, 3.8) is 0 Å². The Balaban J connectivity index is 1.85. The zero-order valence-corrected chi connectivity index (χ0v) is 13.5. The number of carboxylic acid groups (broad SMARTS) is 1. The lowest BCUT2D eigenvalue weighted by molar-refractivity contribution is -0.160. The van der Waals surface area contributed by atoms with Gasteiger partial charge in [-0.05, 0) is 25.0 Å². The number of anilines is 1. The van der Waals surface area contributed by atoms with Crippen molar-refractivity contribution in [3.8, 4) is 5.75 Å². The molecule has 2 rings (SSSR count). The molecule has 0 radical (unpaired) electrons.